The molecule has 3 nitrogen and oxygen atoms in total. The summed E-state index contributed by atoms with van der Waals surface area (Å²) in [6.07, 6.45) is 0. The van der Waals surface area contributed by atoms with E-state index in [2.05, 4.69) is 21.2 Å². The second kappa shape index (κ2) is 6.05. The number of para-hydroxylation sites is 1. The third-order valence-corrected chi connectivity index (χ3v) is 3.49. The minimum absolute atomic E-state index is 0.133. The van der Waals surface area contributed by atoms with Gasteiger partial charge in [0, 0.05) is 4.47 Å². The Kier molecular flexibility index (Phi) is 4.39. The standard InChI is InChI=1S/C15H14BrFN2O/c1-9(10-4-2-5-11(16)8-10)19-15(20)12-6-3-7-13(17)14(12)18/h2-9H,18H2,1H3,(H,19,20). The Morgan fingerprint density at radius 1 is 1.30 bits per heavy atom. The van der Waals surface area contributed by atoms with Crippen molar-refractivity contribution in [3.05, 3.63) is 63.9 Å². The Balaban J connectivity index is 2.17. The minimum atomic E-state index is -0.590. The Labute approximate surface area is 125 Å². The lowest BCUT2D eigenvalue weighted by atomic mass is 10.1. The number of carbonyl (C=O) groups is 1. The van der Waals surface area contributed by atoms with E-state index in [1.54, 1.807) is 0 Å². The first-order valence-electron chi connectivity index (χ1n) is 6.09. The number of nitrogens with two attached hydrogens (primary N) is 1. The van der Waals surface area contributed by atoms with Crippen LogP contribution in [0.2, 0.25) is 0 Å². The van der Waals surface area contributed by atoms with E-state index in [9.17, 15) is 9.18 Å². The van der Waals surface area contributed by atoms with Gasteiger partial charge in [0.25, 0.3) is 5.91 Å². The molecular weight excluding hydrogens is 323 g/mol. The first-order chi connectivity index (χ1) is 9.49. The van der Waals surface area contributed by atoms with Crippen LogP contribution in [-0.2, 0) is 0 Å². The highest BCUT2D eigenvalue weighted by molar-refractivity contribution is 9.10. The number of hydrogen-bond acceptors (Lipinski definition) is 2. The maximum Gasteiger partial charge on any atom is 0.253 e. The molecule has 0 fully saturated rings. The van der Waals surface area contributed by atoms with Crippen LogP contribution < -0.4 is 11.1 Å². The Bertz CT molecular complexity index is 646. The molecule has 0 heterocycles. The van der Waals surface area contributed by atoms with Gasteiger partial charge in [0.2, 0.25) is 0 Å². The Morgan fingerprint density at radius 3 is 2.70 bits per heavy atom. The third-order valence-electron chi connectivity index (χ3n) is 2.99. The zero-order valence-corrected chi connectivity index (χ0v) is 12.4. The van der Waals surface area contributed by atoms with Crippen LogP contribution in [0, 0.1) is 5.82 Å². The molecule has 104 valence electrons. The fourth-order valence-electron chi connectivity index (χ4n) is 1.87. The number of amides is 1. The fourth-order valence-corrected chi connectivity index (χ4v) is 2.29. The first kappa shape index (κ1) is 14.5. The van der Waals surface area contributed by atoms with Gasteiger partial charge in [-0.1, -0.05) is 34.1 Å². The molecule has 0 saturated heterocycles. The Morgan fingerprint density at radius 2 is 2.00 bits per heavy atom. The number of rotatable bonds is 3. The van der Waals surface area contributed by atoms with E-state index in [1.165, 1.54) is 18.2 Å². The maximum absolute atomic E-state index is 13.3. The van der Waals surface area contributed by atoms with Gasteiger partial charge < -0.3 is 11.1 Å². The predicted octanol–water partition coefficient (Wildman–Crippen LogP) is 3.66. The zero-order valence-electron chi connectivity index (χ0n) is 10.9. The van der Waals surface area contributed by atoms with E-state index in [-0.39, 0.29) is 17.3 Å². The molecule has 0 aliphatic heterocycles. The molecule has 1 amide bonds. The zero-order chi connectivity index (χ0) is 14.7. The van der Waals surface area contributed by atoms with Crippen molar-refractivity contribution in [3.8, 4) is 0 Å². The summed E-state index contributed by atoms with van der Waals surface area (Å²) in [6.45, 7) is 1.86. The molecule has 0 aliphatic carbocycles. The lowest BCUT2D eigenvalue weighted by Gasteiger charge is -2.15. The van der Waals surface area contributed by atoms with Crippen LogP contribution in [0.5, 0.6) is 0 Å². The van der Waals surface area contributed by atoms with Crippen LogP contribution in [0.25, 0.3) is 0 Å². The van der Waals surface area contributed by atoms with Crippen molar-refractivity contribution in [3.63, 3.8) is 0 Å². The van der Waals surface area contributed by atoms with E-state index >= 15 is 0 Å². The van der Waals surface area contributed by atoms with Crippen molar-refractivity contribution in [2.75, 3.05) is 5.73 Å². The number of carbonyl (C=O) groups excluding carboxylic acids is 1. The lowest BCUT2D eigenvalue weighted by Crippen LogP contribution is -2.27. The van der Waals surface area contributed by atoms with E-state index in [1.807, 2.05) is 31.2 Å². The highest BCUT2D eigenvalue weighted by Gasteiger charge is 2.15. The average molecular weight is 337 g/mol. The summed E-state index contributed by atoms with van der Waals surface area (Å²) >= 11 is 3.38. The predicted molar refractivity (Wildman–Crippen MR) is 80.8 cm³/mol. The molecule has 3 N–H and O–H groups in total. The summed E-state index contributed by atoms with van der Waals surface area (Å²) in [6, 6.07) is 11.6. The maximum atomic E-state index is 13.3. The lowest BCUT2D eigenvalue weighted by molar-refractivity contribution is 0.0940. The van der Waals surface area contributed by atoms with Gasteiger partial charge in [0.15, 0.2) is 0 Å². The van der Waals surface area contributed by atoms with Crippen LogP contribution in [0.4, 0.5) is 10.1 Å². The number of anilines is 1. The number of nitrogens with one attached hydrogen (secondary N) is 1. The van der Waals surface area contributed by atoms with Gasteiger partial charge in [0.05, 0.1) is 17.3 Å². The smallest absolute Gasteiger partial charge is 0.253 e. The van der Waals surface area contributed by atoms with Crippen molar-refractivity contribution in [1.29, 1.82) is 0 Å². The molecule has 0 radical (unpaired) electrons. The van der Waals surface area contributed by atoms with Gasteiger partial charge in [-0.2, -0.15) is 0 Å². The van der Waals surface area contributed by atoms with Crippen LogP contribution in [0.15, 0.2) is 46.9 Å². The summed E-state index contributed by atoms with van der Waals surface area (Å²) in [7, 11) is 0. The van der Waals surface area contributed by atoms with E-state index < -0.39 is 11.7 Å². The van der Waals surface area contributed by atoms with Gasteiger partial charge in [-0.15, -0.1) is 0 Å². The number of benzene rings is 2. The van der Waals surface area contributed by atoms with Gasteiger partial charge in [0.1, 0.15) is 5.82 Å². The molecule has 0 aromatic heterocycles. The van der Waals surface area contributed by atoms with Gasteiger partial charge in [-0.25, -0.2) is 4.39 Å². The van der Waals surface area contributed by atoms with E-state index in [0.717, 1.165) is 10.0 Å². The molecule has 2 aromatic rings. The topological polar surface area (TPSA) is 55.1 Å². The quantitative estimate of drug-likeness (QED) is 0.840. The van der Waals surface area contributed by atoms with Crippen LogP contribution in [0.3, 0.4) is 0 Å². The van der Waals surface area contributed by atoms with Crippen molar-refractivity contribution in [2.24, 2.45) is 0 Å². The molecule has 1 unspecified atom stereocenters. The Hall–Kier alpha value is -1.88. The minimum Gasteiger partial charge on any atom is -0.396 e. The van der Waals surface area contributed by atoms with Crippen LogP contribution in [-0.4, -0.2) is 5.91 Å². The van der Waals surface area contributed by atoms with Crippen molar-refractivity contribution in [1.82, 2.24) is 5.32 Å². The summed E-state index contributed by atoms with van der Waals surface area (Å²) in [4.78, 5) is 12.1. The highest BCUT2D eigenvalue weighted by Crippen LogP contribution is 2.20. The molecule has 0 spiro atoms. The molecule has 0 bridgehead atoms. The van der Waals surface area contributed by atoms with Gasteiger partial charge >= 0.3 is 0 Å². The summed E-state index contributed by atoms with van der Waals surface area (Å²) < 4.78 is 14.3. The molecular formula is C15H14BrFN2O. The number of nitrogen functional groups attached to an aromatic ring is 1. The highest BCUT2D eigenvalue weighted by atomic mass is 79.9. The number of hydrogen-bond donors (Lipinski definition) is 2. The fraction of sp³-hybridized carbons (Fsp3) is 0.133. The second-order valence-corrected chi connectivity index (χ2v) is 5.37. The molecule has 0 aliphatic rings. The summed E-state index contributed by atoms with van der Waals surface area (Å²) in [5.74, 6) is -0.984. The molecule has 5 heteroatoms. The van der Waals surface area contributed by atoms with E-state index in [0.29, 0.717) is 0 Å². The van der Waals surface area contributed by atoms with Crippen LogP contribution >= 0.6 is 15.9 Å². The van der Waals surface area contributed by atoms with Gasteiger partial charge in [-0.3, -0.25) is 4.79 Å². The summed E-state index contributed by atoms with van der Waals surface area (Å²) in [5.41, 5.74) is 6.54. The SMILES string of the molecule is CC(NC(=O)c1cccc(F)c1N)c1cccc(Br)c1. The number of halogens is 2. The molecule has 2 aromatic carbocycles. The second-order valence-electron chi connectivity index (χ2n) is 4.45. The molecule has 2 rings (SSSR count). The monoisotopic (exact) mass is 336 g/mol. The first-order valence-corrected chi connectivity index (χ1v) is 6.88. The van der Waals surface area contributed by atoms with Crippen molar-refractivity contribution >= 4 is 27.5 Å². The average Bonchev–Trinajstić information content (AvgIpc) is 2.41. The van der Waals surface area contributed by atoms with Crippen molar-refractivity contribution in [2.45, 2.75) is 13.0 Å². The molecule has 20 heavy (non-hydrogen) atoms. The van der Waals surface area contributed by atoms with Gasteiger partial charge in [-0.05, 0) is 36.8 Å². The molecule has 0 saturated carbocycles. The third kappa shape index (κ3) is 3.17. The summed E-state index contributed by atoms with van der Waals surface area (Å²) in [5, 5.41) is 2.80. The van der Waals surface area contributed by atoms with Crippen LogP contribution in [0.1, 0.15) is 28.9 Å². The van der Waals surface area contributed by atoms with Crippen molar-refractivity contribution < 1.29 is 9.18 Å². The molecule has 1 atom stereocenters. The van der Waals surface area contributed by atoms with E-state index in [4.69, 9.17) is 5.73 Å². The normalized spacial score (nSPS) is 11.9. The largest absolute Gasteiger partial charge is 0.396 e.